The number of nitrogens with zero attached hydrogens (tertiary/aromatic N) is 1. The highest BCUT2D eigenvalue weighted by molar-refractivity contribution is 9.10. The summed E-state index contributed by atoms with van der Waals surface area (Å²) in [7, 11) is 0. The fraction of sp³-hybridized carbons (Fsp3) is 0.333. The molecule has 0 aromatic heterocycles. The van der Waals surface area contributed by atoms with Crippen molar-refractivity contribution >= 4 is 33.4 Å². The number of carbonyl (C=O) groups excluding carboxylic acids is 2. The molecule has 0 spiro atoms. The molecule has 2 aliphatic rings. The molecule has 5 nitrogen and oxygen atoms in total. The number of amides is 2. The molecule has 146 valence electrons. The standard InChI is InChI=1S/C21H20BrFN2O3/c1-12-2-4-18(16(23)8-12)25-11-13(9-20(25)26)21(27)24-17-6-7-28-19-5-3-14(22)10-15(17)19/h2-5,8,10,13,17H,6-7,9,11H2,1H3,(H,24,27). The smallest absolute Gasteiger partial charge is 0.227 e. The van der Waals surface area contributed by atoms with Gasteiger partial charge in [0, 0.05) is 29.4 Å². The monoisotopic (exact) mass is 446 g/mol. The third-order valence-electron chi connectivity index (χ3n) is 5.22. The third kappa shape index (κ3) is 3.63. The first-order valence-electron chi connectivity index (χ1n) is 9.21. The van der Waals surface area contributed by atoms with Crippen LogP contribution in [0.3, 0.4) is 0 Å². The SMILES string of the molecule is Cc1ccc(N2CC(C(=O)NC3CCOc4ccc(Br)cc43)CC2=O)c(F)c1. The highest BCUT2D eigenvalue weighted by atomic mass is 79.9. The van der Waals surface area contributed by atoms with Crippen molar-refractivity contribution in [2.45, 2.75) is 25.8 Å². The van der Waals surface area contributed by atoms with Gasteiger partial charge in [-0.3, -0.25) is 9.59 Å². The average Bonchev–Trinajstić information content (AvgIpc) is 3.04. The molecule has 4 rings (SSSR count). The van der Waals surface area contributed by atoms with Crippen LogP contribution in [-0.4, -0.2) is 25.0 Å². The maximum atomic E-state index is 14.3. The summed E-state index contributed by atoms with van der Waals surface area (Å²) in [6, 6.07) is 10.3. The molecule has 2 unspecified atom stereocenters. The van der Waals surface area contributed by atoms with Gasteiger partial charge >= 0.3 is 0 Å². The zero-order chi connectivity index (χ0) is 19.8. The van der Waals surface area contributed by atoms with E-state index in [2.05, 4.69) is 21.2 Å². The van der Waals surface area contributed by atoms with Crippen LogP contribution in [0.1, 0.15) is 30.0 Å². The molecule has 2 heterocycles. The van der Waals surface area contributed by atoms with E-state index < -0.39 is 11.7 Å². The van der Waals surface area contributed by atoms with Crippen molar-refractivity contribution in [2.24, 2.45) is 5.92 Å². The van der Waals surface area contributed by atoms with Crippen molar-refractivity contribution < 1.29 is 18.7 Å². The highest BCUT2D eigenvalue weighted by Crippen LogP contribution is 2.35. The van der Waals surface area contributed by atoms with Gasteiger partial charge in [0.2, 0.25) is 11.8 Å². The zero-order valence-electron chi connectivity index (χ0n) is 15.4. The fourth-order valence-electron chi connectivity index (χ4n) is 3.75. The van der Waals surface area contributed by atoms with Gasteiger partial charge in [0.15, 0.2) is 0 Å². The van der Waals surface area contributed by atoms with E-state index >= 15 is 0 Å². The number of carbonyl (C=O) groups is 2. The first-order chi connectivity index (χ1) is 13.4. The van der Waals surface area contributed by atoms with Gasteiger partial charge in [0.1, 0.15) is 11.6 Å². The normalized spacial score (nSPS) is 21.2. The Labute approximate surface area is 171 Å². The molecule has 7 heteroatoms. The molecule has 1 N–H and O–H groups in total. The van der Waals surface area contributed by atoms with Gasteiger partial charge in [-0.15, -0.1) is 0 Å². The molecule has 2 atom stereocenters. The molecular formula is C21H20BrFN2O3. The van der Waals surface area contributed by atoms with Crippen LogP contribution < -0.4 is 15.0 Å². The van der Waals surface area contributed by atoms with E-state index in [4.69, 9.17) is 4.74 Å². The van der Waals surface area contributed by atoms with Crippen molar-refractivity contribution in [3.63, 3.8) is 0 Å². The van der Waals surface area contributed by atoms with Gasteiger partial charge in [-0.25, -0.2) is 4.39 Å². The van der Waals surface area contributed by atoms with Gasteiger partial charge in [0.05, 0.1) is 24.3 Å². The van der Waals surface area contributed by atoms with E-state index in [1.54, 1.807) is 19.1 Å². The lowest BCUT2D eigenvalue weighted by molar-refractivity contribution is -0.127. The minimum Gasteiger partial charge on any atom is -0.493 e. The van der Waals surface area contributed by atoms with E-state index in [1.807, 2.05) is 18.2 Å². The topological polar surface area (TPSA) is 58.6 Å². The van der Waals surface area contributed by atoms with Crippen LogP contribution in [0.2, 0.25) is 0 Å². The molecule has 1 fully saturated rings. The van der Waals surface area contributed by atoms with Crippen molar-refractivity contribution in [2.75, 3.05) is 18.1 Å². The largest absolute Gasteiger partial charge is 0.493 e. The lowest BCUT2D eigenvalue weighted by atomic mass is 9.99. The molecule has 0 saturated carbocycles. The highest BCUT2D eigenvalue weighted by Gasteiger charge is 2.37. The zero-order valence-corrected chi connectivity index (χ0v) is 17.0. The van der Waals surface area contributed by atoms with E-state index in [0.717, 1.165) is 21.3 Å². The van der Waals surface area contributed by atoms with Gasteiger partial charge in [-0.1, -0.05) is 22.0 Å². The molecular weight excluding hydrogens is 427 g/mol. The Hall–Kier alpha value is -2.41. The van der Waals surface area contributed by atoms with Gasteiger partial charge in [-0.05, 0) is 42.8 Å². The van der Waals surface area contributed by atoms with E-state index in [0.29, 0.717) is 13.0 Å². The summed E-state index contributed by atoms with van der Waals surface area (Å²) >= 11 is 3.45. The lowest BCUT2D eigenvalue weighted by Crippen LogP contribution is -2.37. The lowest BCUT2D eigenvalue weighted by Gasteiger charge is -2.28. The number of rotatable bonds is 3. The molecule has 0 bridgehead atoms. The Bertz CT molecular complexity index is 949. The van der Waals surface area contributed by atoms with E-state index in [9.17, 15) is 14.0 Å². The predicted octanol–water partition coefficient (Wildman–Crippen LogP) is 3.89. The second kappa shape index (κ2) is 7.54. The first-order valence-corrected chi connectivity index (χ1v) is 10.0. The van der Waals surface area contributed by atoms with Crippen LogP contribution in [0.25, 0.3) is 0 Å². The predicted molar refractivity (Wildman–Crippen MR) is 107 cm³/mol. The minimum absolute atomic E-state index is 0.0771. The fourth-order valence-corrected chi connectivity index (χ4v) is 4.13. The number of hydrogen-bond donors (Lipinski definition) is 1. The molecule has 2 amide bonds. The Morgan fingerprint density at radius 3 is 2.89 bits per heavy atom. The van der Waals surface area contributed by atoms with Crippen molar-refractivity contribution in [3.8, 4) is 5.75 Å². The van der Waals surface area contributed by atoms with Crippen LogP contribution in [0.5, 0.6) is 5.75 Å². The van der Waals surface area contributed by atoms with Gasteiger partial charge in [0.25, 0.3) is 0 Å². The number of halogens is 2. The summed E-state index contributed by atoms with van der Waals surface area (Å²) in [6.45, 7) is 2.49. The van der Waals surface area contributed by atoms with Crippen molar-refractivity contribution in [1.29, 1.82) is 0 Å². The summed E-state index contributed by atoms with van der Waals surface area (Å²) < 4.78 is 20.8. The first kappa shape index (κ1) is 18.9. The second-order valence-corrected chi connectivity index (χ2v) is 8.16. The maximum Gasteiger partial charge on any atom is 0.227 e. The Balaban J connectivity index is 1.48. The Kier molecular flexibility index (Phi) is 5.10. The minimum atomic E-state index is -0.508. The number of nitrogens with one attached hydrogen (secondary N) is 1. The number of aryl methyl sites for hydroxylation is 1. The maximum absolute atomic E-state index is 14.3. The third-order valence-corrected chi connectivity index (χ3v) is 5.71. The van der Waals surface area contributed by atoms with Gasteiger partial charge < -0.3 is 15.0 Å². The number of fused-ring (bicyclic) bond motifs is 1. The summed E-state index contributed by atoms with van der Waals surface area (Å²) in [5, 5.41) is 3.05. The van der Waals surface area contributed by atoms with Crippen molar-refractivity contribution in [3.05, 3.63) is 57.8 Å². The molecule has 0 radical (unpaired) electrons. The summed E-state index contributed by atoms with van der Waals surface area (Å²) in [4.78, 5) is 26.6. The molecule has 2 aromatic rings. The second-order valence-electron chi connectivity index (χ2n) is 7.24. The van der Waals surface area contributed by atoms with Crippen LogP contribution in [0, 0.1) is 18.7 Å². The van der Waals surface area contributed by atoms with Crippen molar-refractivity contribution in [1.82, 2.24) is 5.32 Å². The summed E-state index contributed by atoms with van der Waals surface area (Å²) in [6.07, 6.45) is 0.736. The number of benzene rings is 2. The number of anilines is 1. The van der Waals surface area contributed by atoms with Crippen LogP contribution in [0.15, 0.2) is 40.9 Å². The molecule has 2 aromatic carbocycles. The van der Waals surface area contributed by atoms with Gasteiger partial charge in [-0.2, -0.15) is 0 Å². The van der Waals surface area contributed by atoms with Crippen LogP contribution in [0.4, 0.5) is 10.1 Å². The number of hydrogen-bond acceptors (Lipinski definition) is 3. The molecule has 0 aliphatic carbocycles. The van der Waals surface area contributed by atoms with E-state index in [1.165, 1.54) is 11.0 Å². The Morgan fingerprint density at radius 1 is 1.29 bits per heavy atom. The molecule has 2 aliphatic heterocycles. The van der Waals surface area contributed by atoms with Crippen LogP contribution in [-0.2, 0) is 9.59 Å². The summed E-state index contributed by atoms with van der Waals surface area (Å²) in [5.74, 6) is -0.630. The number of ether oxygens (including phenoxy) is 1. The average molecular weight is 447 g/mol. The Morgan fingerprint density at radius 2 is 2.11 bits per heavy atom. The quantitative estimate of drug-likeness (QED) is 0.777. The van der Waals surface area contributed by atoms with Crippen LogP contribution >= 0.6 is 15.9 Å². The summed E-state index contributed by atoms with van der Waals surface area (Å²) in [5.41, 5.74) is 1.93. The van der Waals surface area contributed by atoms with E-state index in [-0.39, 0.29) is 36.5 Å². The molecule has 28 heavy (non-hydrogen) atoms. The molecule has 1 saturated heterocycles.